The number of nitro benzene ring substituents is 1. The summed E-state index contributed by atoms with van der Waals surface area (Å²) < 4.78 is 5.08. The van der Waals surface area contributed by atoms with E-state index in [1.165, 1.54) is 12.1 Å². The third kappa shape index (κ3) is 4.64. The molecule has 7 heteroatoms. The molecule has 0 aliphatic carbocycles. The van der Waals surface area contributed by atoms with E-state index in [9.17, 15) is 14.9 Å². The number of carbonyl (C=O) groups is 1. The Kier molecular flexibility index (Phi) is 5.62. The fourth-order valence-electron chi connectivity index (χ4n) is 2.00. The standard InChI is InChI=1S/C17H17N3O4/c1-12(14-5-9-16(24-2)10-6-14)18-19-17(21)11-13-3-7-15(8-4-13)20(22)23/h3-10H,11H2,1-2H3,(H,19,21)/b18-12+. The quantitative estimate of drug-likeness (QED) is 0.501. The molecule has 0 heterocycles. The van der Waals surface area contributed by atoms with Crippen molar-refractivity contribution in [3.63, 3.8) is 0 Å². The topological polar surface area (TPSA) is 93.8 Å². The average molecular weight is 327 g/mol. The minimum Gasteiger partial charge on any atom is -0.497 e. The molecule has 0 bridgehead atoms. The van der Waals surface area contributed by atoms with Crippen LogP contribution in [0, 0.1) is 10.1 Å². The van der Waals surface area contributed by atoms with Gasteiger partial charge in [0, 0.05) is 12.1 Å². The highest BCUT2D eigenvalue weighted by Crippen LogP contribution is 2.13. The fourth-order valence-corrected chi connectivity index (χ4v) is 2.00. The Morgan fingerprint density at radius 2 is 1.79 bits per heavy atom. The first-order valence-electron chi connectivity index (χ1n) is 7.20. The largest absolute Gasteiger partial charge is 0.497 e. The van der Waals surface area contributed by atoms with Crippen LogP contribution in [0.3, 0.4) is 0 Å². The third-order valence-corrected chi connectivity index (χ3v) is 3.37. The zero-order valence-corrected chi connectivity index (χ0v) is 13.4. The molecule has 0 aliphatic rings. The summed E-state index contributed by atoms with van der Waals surface area (Å²) in [4.78, 5) is 22.0. The van der Waals surface area contributed by atoms with Crippen LogP contribution in [-0.4, -0.2) is 23.7 Å². The second-order valence-electron chi connectivity index (χ2n) is 5.06. The summed E-state index contributed by atoms with van der Waals surface area (Å²) >= 11 is 0. The van der Waals surface area contributed by atoms with Crippen molar-refractivity contribution in [3.05, 3.63) is 69.8 Å². The molecule has 1 N–H and O–H groups in total. The Labute approximate surface area is 139 Å². The maximum Gasteiger partial charge on any atom is 0.269 e. The van der Waals surface area contributed by atoms with Gasteiger partial charge in [-0.2, -0.15) is 5.10 Å². The lowest BCUT2D eigenvalue weighted by Gasteiger charge is -2.04. The van der Waals surface area contributed by atoms with Crippen molar-refractivity contribution < 1.29 is 14.5 Å². The Morgan fingerprint density at radius 1 is 1.17 bits per heavy atom. The van der Waals surface area contributed by atoms with Crippen LogP contribution in [0.4, 0.5) is 5.69 Å². The molecule has 0 saturated carbocycles. The maximum atomic E-state index is 11.9. The highest BCUT2D eigenvalue weighted by molar-refractivity contribution is 5.99. The number of nitro groups is 1. The molecule has 0 saturated heterocycles. The zero-order valence-electron chi connectivity index (χ0n) is 13.4. The van der Waals surface area contributed by atoms with E-state index in [2.05, 4.69) is 10.5 Å². The van der Waals surface area contributed by atoms with Gasteiger partial charge in [0.25, 0.3) is 5.69 Å². The van der Waals surface area contributed by atoms with E-state index in [-0.39, 0.29) is 18.0 Å². The van der Waals surface area contributed by atoms with Gasteiger partial charge in [-0.3, -0.25) is 14.9 Å². The Balaban J connectivity index is 1.94. The minimum atomic E-state index is -0.480. The first-order valence-corrected chi connectivity index (χ1v) is 7.20. The summed E-state index contributed by atoms with van der Waals surface area (Å²) in [5, 5.41) is 14.6. The summed E-state index contributed by atoms with van der Waals surface area (Å²) in [6.07, 6.45) is 0.0946. The number of amides is 1. The smallest absolute Gasteiger partial charge is 0.269 e. The molecule has 1 amide bonds. The number of ether oxygens (including phenoxy) is 1. The second-order valence-corrected chi connectivity index (χ2v) is 5.06. The van der Waals surface area contributed by atoms with Crippen LogP contribution < -0.4 is 10.2 Å². The van der Waals surface area contributed by atoms with Gasteiger partial charge >= 0.3 is 0 Å². The number of hydrogen-bond acceptors (Lipinski definition) is 5. The highest BCUT2D eigenvalue weighted by Gasteiger charge is 2.07. The van der Waals surface area contributed by atoms with Crippen molar-refractivity contribution in [3.8, 4) is 5.75 Å². The number of hydrazone groups is 1. The van der Waals surface area contributed by atoms with Crippen LogP contribution in [-0.2, 0) is 11.2 Å². The zero-order chi connectivity index (χ0) is 17.5. The van der Waals surface area contributed by atoms with Gasteiger partial charge in [0.2, 0.25) is 5.91 Å². The van der Waals surface area contributed by atoms with Crippen LogP contribution in [0.2, 0.25) is 0 Å². The first kappa shape index (κ1) is 17.1. The Hall–Kier alpha value is -3.22. The van der Waals surface area contributed by atoms with Crippen molar-refractivity contribution in [1.82, 2.24) is 5.43 Å². The number of carbonyl (C=O) groups excluding carboxylic acids is 1. The van der Waals surface area contributed by atoms with Gasteiger partial charge in [-0.15, -0.1) is 0 Å². The molecule has 0 aromatic heterocycles. The number of non-ortho nitro benzene ring substituents is 1. The molecule has 0 aliphatic heterocycles. The van der Waals surface area contributed by atoms with Crippen LogP contribution in [0.5, 0.6) is 5.75 Å². The predicted octanol–water partition coefficient (Wildman–Crippen LogP) is 2.69. The maximum absolute atomic E-state index is 11.9. The third-order valence-electron chi connectivity index (χ3n) is 3.37. The van der Waals surface area contributed by atoms with Gasteiger partial charge in [-0.05, 0) is 42.3 Å². The number of nitrogens with zero attached hydrogens (tertiary/aromatic N) is 2. The molecule has 7 nitrogen and oxygen atoms in total. The molecule has 2 rings (SSSR count). The number of hydrogen-bond donors (Lipinski definition) is 1. The summed E-state index contributed by atoms with van der Waals surface area (Å²) in [6.45, 7) is 1.79. The fraction of sp³-hybridized carbons (Fsp3) is 0.176. The van der Waals surface area contributed by atoms with Gasteiger partial charge in [0.15, 0.2) is 0 Å². The molecule has 0 atom stereocenters. The summed E-state index contributed by atoms with van der Waals surface area (Å²) in [7, 11) is 1.59. The lowest BCUT2D eigenvalue weighted by atomic mass is 10.1. The lowest BCUT2D eigenvalue weighted by molar-refractivity contribution is -0.384. The van der Waals surface area contributed by atoms with Crippen LogP contribution >= 0.6 is 0 Å². The van der Waals surface area contributed by atoms with Gasteiger partial charge < -0.3 is 4.74 Å². The monoisotopic (exact) mass is 327 g/mol. The molecule has 24 heavy (non-hydrogen) atoms. The lowest BCUT2D eigenvalue weighted by Crippen LogP contribution is -2.21. The molecule has 2 aromatic carbocycles. The molecular weight excluding hydrogens is 310 g/mol. The van der Waals surface area contributed by atoms with E-state index in [0.717, 1.165) is 11.3 Å². The Bertz CT molecular complexity index is 752. The van der Waals surface area contributed by atoms with E-state index < -0.39 is 4.92 Å². The van der Waals surface area contributed by atoms with E-state index in [0.29, 0.717) is 11.3 Å². The number of rotatable bonds is 6. The molecule has 0 unspecified atom stereocenters. The van der Waals surface area contributed by atoms with E-state index in [4.69, 9.17) is 4.74 Å². The molecule has 0 fully saturated rings. The average Bonchev–Trinajstić information content (AvgIpc) is 2.60. The van der Waals surface area contributed by atoms with Crippen molar-refractivity contribution in [2.75, 3.05) is 7.11 Å². The van der Waals surface area contributed by atoms with Crippen molar-refractivity contribution in [1.29, 1.82) is 0 Å². The normalized spacial score (nSPS) is 11.0. The van der Waals surface area contributed by atoms with Gasteiger partial charge in [0.1, 0.15) is 5.75 Å². The SMILES string of the molecule is COc1ccc(/C(C)=N/NC(=O)Cc2ccc([N+](=O)[O-])cc2)cc1. The van der Waals surface area contributed by atoms with Crippen molar-refractivity contribution in [2.45, 2.75) is 13.3 Å². The Morgan fingerprint density at radius 3 is 2.33 bits per heavy atom. The summed E-state index contributed by atoms with van der Waals surface area (Å²) in [5.74, 6) is 0.450. The van der Waals surface area contributed by atoms with Crippen LogP contribution in [0.1, 0.15) is 18.1 Å². The van der Waals surface area contributed by atoms with Crippen LogP contribution in [0.25, 0.3) is 0 Å². The predicted molar refractivity (Wildman–Crippen MR) is 90.1 cm³/mol. The molecule has 2 aromatic rings. The minimum absolute atomic E-state index is 0.00692. The number of nitrogens with one attached hydrogen (secondary N) is 1. The van der Waals surface area contributed by atoms with Crippen molar-refractivity contribution >= 4 is 17.3 Å². The van der Waals surface area contributed by atoms with Crippen molar-refractivity contribution in [2.24, 2.45) is 5.10 Å². The van der Waals surface area contributed by atoms with E-state index in [1.807, 2.05) is 24.3 Å². The number of benzene rings is 2. The first-order chi connectivity index (χ1) is 11.5. The van der Waals surface area contributed by atoms with Gasteiger partial charge in [0.05, 0.1) is 24.2 Å². The summed E-state index contributed by atoms with van der Waals surface area (Å²) in [5.41, 5.74) is 4.68. The number of methoxy groups -OCH3 is 1. The van der Waals surface area contributed by atoms with Gasteiger partial charge in [-0.1, -0.05) is 12.1 Å². The van der Waals surface area contributed by atoms with E-state index >= 15 is 0 Å². The summed E-state index contributed by atoms with van der Waals surface area (Å²) in [6, 6.07) is 13.2. The molecular formula is C17H17N3O4. The second kappa shape index (κ2) is 7.87. The molecule has 124 valence electrons. The highest BCUT2D eigenvalue weighted by atomic mass is 16.6. The van der Waals surface area contributed by atoms with Gasteiger partial charge in [-0.25, -0.2) is 5.43 Å². The van der Waals surface area contributed by atoms with E-state index in [1.54, 1.807) is 26.2 Å². The van der Waals surface area contributed by atoms with Crippen LogP contribution in [0.15, 0.2) is 53.6 Å². The molecule has 0 spiro atoms. The molecule has 0 radical (unpaired) electrons.